The molecule has 0 fully saturated rings. The van der Waals surface area contributed by atoms with Gasteiger partial charge in [-0.15, -0.1) is 0 Å². The maximum absolute atomic E-state index is 8.81. The van der Waals surface area contributed by atoms with E-state index < -0.39 is 0 Å². The first-order valence-corrected chi connectivity index (χ1v) is 0.813. The fourth-order valence-corrected chi connectivity index (χ4v) is 0. The van der Waals surface area contributed by atoms with Crippen LogP contribution >= 0.6 is 0 Å². The maximum Gasteiger partial charge on any atom is 1.00 e. The average Bonchev–Trinajstić information content (AvgIpc) is 0.918. The van der Waals surface area contributed by atoms with Crippen molar-refractivity contribution in [2.24, 2.45) is 0 Å². The maximum atomic E-state index is 8.81. The first-order chi connectivity index (χ1) is 1.41. The summed E-state index contributed by atoms with van der Waals surface area (Å²) in [7, 11) is 0.750. The predicted molar refractivity (Wildman–Crippen MR) is 13.6 cm³/mol. The third kappa shape index (κ3) is 25.6. The quantitative estimate of drug-likeness (QED) is 0.388. The Balaban J connectivity index is -0.00000000667. The molecule has 0 rings (SSSR count). The van der Waals surface area contributed by atoms with Gasteiger partial charge in [-0.1, -0.05) is 0 Å². The summed E-state index contributed by atoms with van der Waals surface area (Å²) in [5.41, 5.74) is 0. The molecule has 0 unspecified atom stereocenters. The molecular formula is CH4BO2Rb2-. The molecule has 0 spiro atoms. The zero-order valence-electron chi connectivity index (χ0n) is 4.43. The van der Waals surface area contributed by atoms with E-state index in [9.17, 15) is 0 Å². The van der Waals surface area contributed by atoms with Crippen molar-refractivity contribution in [3.05, 3.63) is 0 Å². The van der Waals surface area contributed by atoms with Crippen LogP contribution in [0.15, 0.2) is 0 Å². The topological polar surface area (TPSA) is 53.1 Å². The molecule has 0 aliphatic heterocycles. The van der Waals surface area contributed by atoms with E-state index in [2.05, 4.69) is 0 Å². The van der Waals surface area contributed by atoms with Crippen LogP contribution < -0.4 is 121 Å². The van der Waals surface area contributed by atoms with E-state index in [1.54, 1.807) is 0 Å². The summed E-state index contributed by atoms with van der Waals surface area (Å²) in [6, 6.07) is 0. The Morgan fingerprint density at radius 2 is 1.33 bits per heavy atom. The van der Waals surface area contributed by atoms with Crippen LogP contribution in [0.4, 0.5) is 0 Å². The molecule has 0 bridgehead atoms. The van der Waals surface area contributed by atoms with Crippen molar-refractivity contribution in [3.8, 4) is 0 Å². The van der Waals surface area contributed by atoms with Crippen molar-refractivity contribution in [2.75, 3.05) is 0 Å². The van der Waals surface area contributed by atoms with Crippen LogP contribution in [-0.2, 0) is 0 Å². The largest absolute Gasteiger partial charge is 1.06 e. The molecule has 0 heterocycles. The molecule has 6 heavy (non-hydrogen) atoms. The molecule has 1 N–H and O–H groups in total. The molecule has 0 aromatic carbocycles. The van der Waals surface area contributed by atoms with Gasteiger partial charge in [0, 0.05) is 0 Å². The zero-order chi connectivity index (χ0) is 2.71. The van der Waals surface area contributed by atoms with Crippen LogP contribution in [0.25, 0.3) is 0 Å². The summed E-state index contributed by atoms with van der Waals surface area (Å²) in [5, 5.41) is 8.81. The van der Waals surface area contributed by atoms with E-state index in [4.69, 9.17) is 5.02 Å². The number of hydrogen-bond donors (Lipinski definition) is 0. The molecule has 2 radical (unpaired) electrons. The first-order valence-electron chi connectivity index (χ1n) is 0.813. The van der Waals surface area contributed by atoms with Gasteiger partial charge in [-0.25, -0.2) is 0 Å². The molecule has 26 valence electrons. The van der Waals surface area contributed by atoms with E-state index >= 15 is 0 Å². The molecular weight excluding hydrogens is 226 g/mol. The van der Waals surface area contributed by atoms with Crippen LogP contribution in [0.3, 0.4) is 0 Å². The van der Waals surface area contributed by atoms with E-state index in [-0.39, 0.29) is 122 Å². The number of rotatable bonds is 0. The van der Waals surface area contributed by atoms with Crippen LogP contribution in [-0.4, -0.2) is 13.0 Å². The first kappa shape index (κ1) is 22.6. The molecule has 0 aliphatic rings. The van der Waals surface area contributed by atoms with Crippen LogP contribution in [0, 0.1) is 0 Å². The van der Waals surface area contributed by atoms with Gasteiger partial charge in [0.05, 0.1) is 0 Å². The minimum atomic E-state index is 0. The monoisotopic (exact) mass is 229 g/mol. The Hall–Kier alpha value is 3.60. The molecule has 0 saturated carbocycles. The predicted octanol–water partition coefficient (Wildman–Crippen LogP) is -7.15. The fraction of sp³-hybridized carbons (Fsp3) is 1.00. The fourth-order valence-electron chi connectivity index (χ4n) is 0. The summed E-state index contributed by atoms with van der Waals surface area (Å²) in [5.74, 6) is 0. The Kier molecular flexibility index (Phi) is 88.6. The molecule has 0 amide bonds. The van der Waals surface area contributed by atoms with Crippen molar-refractivity contribution in [1.29, 1.82) is 0 Å². The van der Waals surface area contributed by atoms with Crippen LogP contribution in [0.2, 0.25) is 6.82 Å². The van der Waals surface area contributed by atoms with Crippen molar-refractivity contribution in [3.63, 3.8) is 0 Å². The SMILES string of the molecule is C[B-][O-].[OH-].[Rb+].[Rb+]. The van der Waals surface area contributed by atoms with E-state index in [1.165, 1.54) is 6.82 Å². The third-order valence-corrected chi connectivity index (χ3v) is 0. The molecule has 2 nitrogen and oxygen atoms in total. The number of hydrogen-bond acceptors (Lipinski definition) is 2. The molecule has 0 aliphatic carbocycles. The summed E-state index contributed by atoms with van der Waals surface area (Å²) in [6.07, 6.45) is 0. The van der Waals surface area contributed by atoms with Gasteiger partial charge < -0.3 is 18.0 Å². The molecule has 0 saturated heterocycles. The van der Waals surface area contributed by atoms with Crippen molar-refractivity contribution in [1.82, 2.24) is 0 Å². The van der Waals surface area contributed by atoms with Gasteiger partial charge >= 0.3 is 116 Å². The second-order valence-corrected chi connectivity index (χ2v) is 0.236. The van der Waals surface area contributed by atoms with Crippen molar-refractivity contribution in [2.45, 2.75) is 6.82 Å². The van der Waals surface area contributed by atoms with Crippen molar-refractivity contribution < 1.29 is 127 Å². The summed E-state index contributed by atoms with van der Waals surface area (Å²) >= 11 is 0. The standard InChI is InChI=1S/CH3BO.H2O.2Rb/c1-2-3;;;/h1H3;1H2;;/q-2;;2*+1/p-1. The van der Waals surface area contributed by atoms with Gasteiger partial charge in [-0.05, 0) is 0 Å². The minimum absolute atomic E-state index is 0. The Morgan fingerprint density at radius 1 is 1.33 bits per heavy atom. The van der Waals surface area contributed by atoms with Crippen molar-refractivity contribution >= 4 is 7.48 Å². The second-order valence-electron chi connectivity index (χ2n) is 0.236. The second kappa shape index (κ2) is 23.5. The molecule has 5 heteroatoms. The average molecular weight is 230 g/mol. The third-order valence-electron chi connectivity index (χ3n) is 0. The van der Waals surface area contributed by atoms with Gasteiger partial charge in [0.2, 0.25) is 0 Å². The molecule has 0 atom stereocenters. The minimum Gasteiger partial charge on any atom is -1.06 e. The van der Waals surface area contributed by atoms with E-state index in [0.29, 0.717) is 0 Å². The zero-order valence-corrected chi connectivity index (χ0v) is 14.3. The van der Waals surface area contributed by atoms with Gasteiger partial charge in [0.25, 0.3) is 0 Å². The Morgan fingerprint density at radius 3 is 1.33 bits per heavy atom. The van der Waals surface area contributed by atoms with Crippen LogP contribution in [0.1, 0.15) is 0 Å². The van der Waals surface area contributed by atoms with Crippen LogP contribution in [0.5, 0.6) is 0 Å². The smallest absolute Gasteiger partial charge is 1.00 e. The normalized spacial score (nSPS) is 3.00. The molecule has 0 aromatic heterocycles. The van der Waals surface area contributed by atoms with Gasteiger partial charge in [-0.2, -0.15) is 0 Å². The van der Waals surface area contributed by atoms with E-state index in [1.807, 2.05) is 0 Å². The summed E-state index contributed by atoms with van der Waals surface area (Å²) < 4.78 is 0. The van der Waals surface area contributed by atoms with Gasteiger partial charge in [-0.3, -0.25) is 6.82 Å². The van der Waals surface area contributed by atoms with Gasteiger partial charge in [0.15, 0.2) is 0 Å². The Labute approximate surface area is 137 Å². The summed E-state index contributed by atoms with van der Waals surface area (Å²) in [6.45, 7) is 1.44. The Bertz CT molecular complexity index is 11.5. The van der Waals surface area contributed by atoms with Gasteiger partial charge in [0.1, 0.15) is 0 Å². The summed E-state index contributed by atoms with van der Waals surface area (Å²) in [4.78, 5) is 0. The molecule has 0 aromatic rings. The van der Waals surface area contributed by atoms with E-state index in [0.717, 1.165) is 7.48 Å².